The molecule has 0 amide bonds. The SMILES string of the molecule is CNCCCC1(c2ccc3c(c2)OCO3)S(=O)(=O)CCCS1(=O)=O.Cl. The molecule has 0 atom stereocenters. The van der Waals surface area contributed by atoms with Crippen LogP contribution in [0.1, 0.15) is 24.8 Å². The second-order valence-electron chi connectivity index (χ2n) is 6.02. The molecule has 142 valence electrons. The van der Waals surface area contributed by atoms with Gasteiger partial charge in [0.2, 0.25) is 6.79 Å². The van der Waals surface area contributed by atoms with E-state index in [-0.39, 0.29) is 49.1 Å². The average Bonchev–Trinajstić information content (AvgIpc) is 2.97. The molecule has 2 heterocycles. The van der Waals surface area contributed by atoms with Crippen molar-refractivity contribution in [3.05, 3.63) is 23.8 Å². The summed E-state index contributed by atoms with van der Waals surface area (Å²) < 4.78 is 60.4. The molecule has 1 saturated heterocycles. The van der Waals surface area contributed by atoms with Crippen molar-refractivity contribution in [3.8, 4) is 11.5 Å². The van der Waals surface area contributed by atoms with Crippen LogP contribution in [0.5, 0.6) is 11.5 Å². The highest BCUT2D eigenvalue weighted by Crippen LogP contribution is 2.47. The van der Waals surface area contributed by atoms with Crippen LogP contribution in [0.25, 0.3) is 0 Å². The normalized spacial score (nSPS) is 22.1. The van der Waals surface area contributed by atoms with Crippen molar-refractivity contribution in [3.63, 3.8) is 0 Å². The van der Waals surface area contributed by atoms with E-state index in [9.17, 15) is 16.8 Å². The molecule has 0 saturated carbocycles. The molecule has 7 nitrogen and oxygen atoms in total. The molecule has 3 rings (SSSR count). The predicted octanol–water partition coefficient (Wildman–Crippen LogP) is 1.22. The van der Waals surface area contributed by atoms with Gasteiger partial charge in [-0.3, -0.25) is 0 Å². The van der Waals surface area contributed by atoms with Gasteiger partial charge in [0, 0.05) is 0 Å². The lowest BCUT2D eigenvalue weighted by Gasteiger charge is -2.36. The number of rotatable bonds is 5. The van der Waals surface area contributed by atoms with Gasteiger partial charge in [-0.05, 0) is 50.6 Å². The predicted molar refractivity (Wildman–Crippen MR) is 96.8 cm³/mol. The van der Waals surface area contributed by atoms with E-state index in [0.29, 0.717) is 24.5 Å². The van der Waals surface area contributed by atoms with E-state index >= 15 is 0 Å². The van der Waals surface area contributed by atoms with E-state index < -0.39 is 23.8 Å². The number of hydrogen-bond acceptors (Lipinski definition) is 7. The number of fused-ring (bicyclic) bond motifs is 1. The summed E-state index contributed by atoms with van der Waals surface area (Å²) in [5.41, 5.74) is 0.252. The third kappa shape index (κ3) is 3.22. The molecule has 0 aromatic heterocycles. The lowest BCUT2D eigenvalue weighted by atomic mass is 10.1. The van der Waals surface area contributed by atoms with E-state index in [2.05, 4.69) is 5.32 Å². The fourth-order valence-corrected chi connectivity index (χ4v) is 9.23. The Labute approximate surface area is 154 Å². The molecular weight excluding hydrogens is 390 g/mol. The molecule has 1 aromatic rings. The van der Waals surface area contributed by atoms with Crippen LogP contribution in [0, 0.1) is 0 Å². The maximum Gasteiger partial charge on any atom is 0.231 e. The lowest BCUT2D eigenvalue weighted by Crippen LogP contribution is -2.50. The Morgan fingerprint density at radius 3 is 2.36 bits per heavy atom. The molecule has 2 aliphatic heterocycles. The van der Waals surface area contributed by atoms with Gasteiger partial charge in [-0.1, -0.05) is 6.07 Å². The van der Waals surface area contributed by atoms with Gasteiger partial charge in [-0.25, -0.2) is 16.8 Å². The third-order valence-corrected chi connectivity index (χ3v) is 10.6. The Kier molecular flexibility index (Phi) is 5.92. The number of benzene rings is 1. The van der Waals surface area contributed by atoms with Crippen molar-refractivity contribution in [1.82, 2.24) is 5.32 Å². The summed E-state index contributed by atoms with van der Waals surface area (Å²) in [6, 6.07) is 4.62. The minimum atomic E-state index is -3.86. The molecule has 1 fully saturated rings. The summed E-state index contributed by atoms with van der Waals surface area (Å²) in [6.45, 7) is 0.586. The van der Waals surface area contributed by atoms with Crippen LogP contribution in [0.15, 0.2) is 18.2 Å². The summed E-state index contributed by atoms with van der Waals surface area (Å²) in [6.07, 6.45) is 0.602. The van der Waals surface area contributed by atoms with Gasteiger partial charge in [0.25, 0.3) is 0 Å². The van der Waals surface area contributed by atoms with E-state index in [4.69, 9.17) is 9.47 Å². The van der Waals surface area contributed by atoms with E-state index in [1.54, 1.807) is 13.1 Å². The quantitative estimate of drug-likeness (QED) is 0.727. The van der Waals surface area contributed by atoms with Crippen molar-refractivity contribution in [1.29, 1.82) is 0 Å². The minimum absolute atomic E-state index is 0. The van der Waals surface area contributed by atoms with Crippen molar-refractivity contribution < 1.29 is 26.3 Å². The maximum atomic E-state index is 12.9. The molecule has 10 heteroatoms. The zero-order chi connectivity index (χ0) is 17.4. The second-order valence-corrected chi connectivity index (χ2v) is 10.9. The van der Waals surface area contributed by atoms with Gasteiger partial charge >= 0.3 is 0 Å². The van der Waals surface area contributed by atoms with Gasteiger partial charge < -0.3 is 14.8 Å². The summed E-state index contributed by atoms with van der Waals surface area (Å²) in [7, 11) is -5.96. The van der Waals surface area contributed by atoms with E-state index in [0.717, 1.165) is 0 Å². The fourth-order valence-electron chi connectivity index (χ4n) is 3.41. The van der Waals surface area contributed by atoms with Crippen LogP contribution in [0.4, 0.5) is 0 Å². The molecule has 0 unspecified atom stereocenters. The van der Waals surface area contributed by atoms with Gasteiger partial charge in [0.15, 0.2) is 35.3 Å². The monoisotopic (exact) mass is 411 g/mol. The highest BCUT2D eigenvalue weighted by Gasteiger charge is 2.57. The molecule has 1 N–H and O–H groups in total. The lowest BCUT2D eigenvalue weighted by molar-refractivity contribution is 0.174. The number of sulfone groups is 2. The van der Waals surface area contributed by atoms with Crippen molar-refractivity contribution in [2.45, 2.75) is 23.3 Å². The first-order chi connectivity index (χ1) is 11.3. The average molecular weight is 412 g/mol. The van der Waals surface area contributed by atoms with Crippen LogP contribution in [0.2, 0.25) is 0 Å². The number of halogens is 1. The Balaban J connectivity index is 0.00000225. The first-order valence-corrected chi connectivity index (χ1v) is 11.1. The summed E-state index contributed by atoms with van der Waals surface area (Å²) in [5.74, 6) is 0.631. The second kappa shape index (κ2) is 7.30. The highest BCUT2D eigenvalue weighted by atomic mass is 35.5. The van der Waals surface area contributed by atoms with E-state index in [1.807, 2.05) is 0 Å². The molecular formula is C15H22ClNO6S2. The molecule has 0 radical (unpaired) electrons. The van der Waals surface area contributed by atoms with Crippen LogP contribution in [-0.4, -0.2) is 48.7 Å². The zero-order valence-corrected chi connectivity index (χ0v) is 16.3. The van der Waals surface area contributed by atoms with Gasteiger partial charge in [0.05, 0.1) is 11.5 Å². The Morgan fingerprint density at radius 2 is 1.72 bits per heavy atom. The molecule has 0 aliphatic carbocycles. The summed E-state index contributed by atoms with van der Waals surface area (Å²) >= 11 is 0. The molecule has 25 heavy (non-hydrogen) atoms. The van der Waals surface area contributed by atoms with Crippen molar-refractivity contribution >= 4 is 32.1 Å². The largest absolute Gasteiger partial charge is 0.454 e. The highest BCUT2D eigenvalue weighted by molar-refractivity contribution is 8.10. The summed E-state index contributed by atoms with van der Waals surface area (Å²) in [5, 5.41) is 2.94. The molecule has 1 aromatic carbocycles. The standard InChI is InChI=1S/C15H21NO6S2.ClH/c1-16-7-2-6-15(23(17,18)8-3-9-24(15,19)20)12-4-5-13-14(10-12)22-11-21-13;/h4-5,10,16H,2-3,6-9,11H2,1H3;1H. The maximum absolute atomic E-state index is 12.9. The zero-order valence-electron chi connectivity index (χ0n) is 13.9. The number of hydrogen-bond donors (Lipinski definition) is 1. The van der Waals surface area contributed by atoms with Crippen LogP contribution in [-0.2, 0) is 23.8 Å². The minimum Gasteiger partial charge on any atom is -0.454 e. The molecule has 0 bridgehead atoms. The fraction of sp³-hybridized carbons (Fsp3) is 0.600. The van der Waals surface area contributed by atoms with Crippen LogP contribution < -0.4 is 14.8 Å². The van der Waals surface area contributed by atoms with Crippen molar-refractivity contribution in [2.24, 2.45) is 0 Å². The van der Waals surface area contributed by atoms with Crippen molar-refractivity contribution in [2.75, 3.05) is 31.9 Å². The Hall–Kier alpha value is -1.03. The third-order valence-electron chi connectivity index (χ3n) is 4.58. The topological polar surface area (TPSA) is 98.8 Å². The van der Waals surface area contributed by atoms with Crippen LogP contribution >= 0.6 is 12.4 Å². The Bertz CT molecular complexity index is 804. The first kappa shape index (κ1) is 20.3. The first-order valence-electron chi connectivity index (χ1n) is 7.83. The smallest absolute Gasteiger partial charge is 0.231 e. The van der Waals surface area contributed by atoms with Gasteiger partial charge in [-0.15, -0.1) is 12.4 Å². The van der Waals surface area contributed by atoms with Gasteiger partial charge in [-0.2, -0.15) is 0 Å². The number of ether oxygens (including phenoxy) is 2. The number of nitrogens with one attached hydrogen (secondary N) is 1. The Morgan fingerprint density at radius 1 is 1.08 bits per heavy atom. The van der Waals surface area contributed by atoms with Crippen LogP contribution in [0.3, 0.4) is 0 Å². The summed E-state index contributed by atoms with van der Waals surface area (Å²) in [4.78, 5) is 0. The molecule has 0 spiro atoms. The van der Waals surface area contributed by atoms with Gasteiger partial charge in [0.1, 0.15) is 0 Å². The van der Waals surface area contributed by atoms with E-state index in [1.165, 1.54) is 12.1 Å². The molecule has 2 aliphatic rings.